The zero-order valence-corrected chi connectivity index (χ0v) is 32.8. The Balaban J connectivity index is 1.27. The summed E-state index contributed by atoms with van der Waals surface area (Å²) >= 11 is 1.61. The van der Waals surface area contributed by atoms with Gasteiger partial charge in [-0.3, -0.25) is 19.4 Å². The Morgan fingerprint density at radius 2 is 1.74 bits per heavy atom. The number of carboxylic acids is 1. The van der Waals surface area contributed by atoms with Gasteiger partial charge in [-0.05, 0) is 111 Å². The first-order chi connectivity index (χ1) is 23.2. The molecule has 8 nitrogen and oxygen atoms in total. The number of fused-ring (bicyclic) bond motifs is 7. The van der Waals surface area contributed by atoms with Crippen LogP contribution in [-0.4, -0.2) is 51.7 Å². The minimum Gasteiger partial charge on any atom is -0.481 e. The summed E-state index contributed by atoms with van der Waals surface area (Å²) in [4.78, 5) is 44.1. The fraction of sp³-hybridized carbons (Fsp3) is 0.805. The molecule has 2 unspecified atom stereocenters. The largest absolute Gasteiger partial charge is 0.481 e. The number of aliphatic carboxylic acids is 1. The van der Waals surface area contributed by atoms with Gasteiger partial charge < -0.3 is 20.3 Å². The first kappa shape index (κ1) is 37.7. The molecule has 4 fully saturated rings. The van der Waals surface area contributed by atoms with Crippen molar-refractivity contribution in [3.05, 3.63) is 27.7 Å². The third-order valence-corrected chi connectivity index (χ3v) is 16.4. The van der Waals surface area contributed by atoms with Gasteiger partial charge in [-0.2, -0.15) is 0 Å². The summed E-state index contributed by atoms with van der Waals surface area (Å²) in [6, 6.07) is 0. The van der Waals surface area contributed by atoms with Crippen LogP contribution in [0, 0.1) is 56.2 Å². The topological polar surface area (TPSA) is 126 Å². The zero-order chi connectivity index (χ0) is 36.7. The number of hydrogen-bond donors (Lipinski definition) is 3. The monoisotopic (exact) mass is 710 g/mol. The second-order valence-electron chi connectivity index (χ2n) is 19.2. The van der Waals surface area contributed by atoms with Gasteiger partial charge in [0.2, 0.25) is 0 Å². The third kappa shape index (κ3) is 5.66. The molecule has 0 aliphatic heterocycles. The number of allylic oxidation sites excluding steroid dienone is 1. The van der Waals surface area contributed by atoms with E-state index < -0.39 is 28.9 Å². The normalized spacial score (nSPS) is 38.6. The average Bonchev–Trinajstić information content (AvgIpc) is 3.64. The van der Waals surface area contributed by atoms with Gasteiger partial charge in [-0.25, -0.2) is 0 Å². The molecular weight excluding hydrogens is 649 g/mol. The predicted molar refractivity (Wildman–Crippen MR) is 195 cm³/mol. The minimum absolute atomic E-state index is 0.000845. The molecule has 9 heteroatoms. The maximum Gasteiger partial charge on any atom is 0.309 e. The number of ether oxygens (including phenoxy) is 1. The van der Waals surface area contributed by atoms with E-state index in [2.05, 4.69) is 58.8 Å². The quantitative estimate of drug-likeness (QED) is 0.209. The number of Topliss-reactive ketones (excluding diaryl/α,β-unsaturated/α-hetero) is 1. The summed E-state index contributed by atoms with van der Waals surface area (Å²) in [5.41, 5.74) is 2.35. The molecule has 0 bridgehead atoms. The number of aromatic nitrogens is 1. The van der Waals surface area contributed by atoms with E-state index in [4.69, 9.17) is 4.74 Å². The number of nitrogens with one attached hydrogen (secondary N) is 1. The molecule has 1 aromatic rings. The number of ketones is 1. The predicted octanol–water partition coefficient (Wildman–Crippen LogP) is 7.99. The van der Waals surface area contributed by atoms with Crippen LogP contribution in [0.25, 0.3) is 0 Å². The average molecular weight is 711 g/mol. The molecule has 0 spiro atoms. The summed E-state index contributed by atoms with van der Waals surface area (Å²) in [6.45, 7) is 20.8. The first-order valence-electron chi connectivity index (χ1n) is 19.2. The minimum atomic E-state index is -1.16. The van der Waals surface area contributed by atoms with Crippen LogP contribution in [-0.2, 0) is 25.7 Å². The lowest BCUT2D eigenvalue weighted by atomic mass is 9.33. The second kappa shape index (κ2) is 12.8. The van der Waals surface area contributed by atoms with Crippen molar-refractivity contribution in [3.63, 3.8) is 0 Å². The van der Waals surface area contributed by atoms with Crippen LogP contribution >= 0.6 is 11.3 Å². The summed E-state index contributed by atoms with van der Waals surface area (Å²) in [5, 5.41) is 25.1. The Hall–Kier alpha value is -2.10. The van der Waals surface area contributed by atoms with E-state index in [1.165, 1.54) is 5.57 Å². The van der Waals surface area contributed by atoms with Gasteiger partial charge in [0.15, 0.2) is 5.78 Å². The molecule has 0 amide bonds. The van der Waals surface area contributed by atoms with Crippen LogP contribution in [0.3, 0.4) is 0 Å². The molecule has 6 rings (SSSR count). The van der Waals surface area contributed by atoms with Crippen LogP contribution in [0.5, 0.6) is 0 Å². The maximum atomic E-state index is 14.0. The Morgan fingerprint density at radius 3 is 2.38 bits per heavy atom. The van der Waals surface area contributed by atoms with Crippen LogP contribution in [0.1, 0.15) is 131 Å². The maximum absolute atomic E-state index is 14.0. The second-order valence-corrected chi connectivity index (χ2v) is 20.1. The first-order valence-corrected chi connectivity index (χ1v) is 20.1. The number of carboxylic acid groups (broad SMARTS) is 1. The number of aliphatic hydroxyl groups excluding tert-OH is 1. The standard InChI is InChI=1S/C41H62N2O6S/c1-24(2)33-27(44)18-41(30(45)22-42-20-25-21-43-23-50-25)17-16-39(8)26(34(33)41)10-11-29-38(7)14-13-31(49-32(46)19-36(3,4)35(47)48)37(5,6)28(38)12-15-40(29,39)9/h21,23-24,26,28-31,42,45H,10-20,22H2,1-9H3,(H,47,48)/t26-,28-,29-,30?,31+,38+,39-,40-,41?/m1/s1. The summed E-state index contributed by atoms with van der Waals surface area (Å²) in [7, 11) is 0. The molecule has 0 saturated heterocycles. The molecule has 5 aliphatic carbocycles. The smallest absolute Gasteiger partial charge is 0.309 e. The van der Waals surface area contributed by atoms with E-state index in [1.807, 2.05) is 11.7 Å². The van der Waals surface area contributed by atoms with E-state index in [1.54, 1.807) is 25.2 Å². The highest BCUT2D eigenvalue weighted by Crippen LogP contribution is 2.77. The molecule has 278 valence electrons. The van der Waals surface area contributed by atoms with Gasteiger partial charge in [0.25, 0.3) is 0 Å². The van der Waals surface area contributed by atoms with Crippen molar-refractivity contribution in [1.82, 2.24) is 10.3 Å². The van der Waals surface area contributed by atoms with E-state index in [0.717, 1.165) is 61.8 Å². The van der Waals surface area contributed by atoms with Crippen molar-refractivity contribution in [2.24, 2.45) is 56.2 Å². The van der Waals surface area contributed by atoms with Crippen LogP contribution in [0.2, 0.25) is 0 Å². The number of carbonyl (C=O) groups is 3. The Kier molecular flexibility index (Phi) is 9.63. The van der Waals surface area contributed by atoms with E-state index in [0.29, 0.717) is 31.3 Å². The highest BCUT2D eigenvalue weighted by molar-refractivity contribution is 7.09. The van der Waals surface area contributed by atoms with Gasteiger partial charge in [-0.1, -0.05) is 54.0 Å². The highest BCUT2D eigenvalue weighted by Gasteiger charge is 2.70. The molecule has 0 aromatic carbocycles. The van der Waals surface area contributed by atoms with Crippen molar-refractivity contribution in [1.29, 1.82) is 0 Å². The van der Waals surface area contributed by atoms with Crippen molar-refractivity contribution >= 4 is 29.1 Å². The number of aliphatic hydroxyl groups is 1. The highest BCUT2D eigenvalue weighted by atomic mass is 32.1. The molecule has 5 aliphatic rings. The van der Waals surface area contributed by atoms with Gasteiger partial charge >= 0.3 is 11.9 Å². The van der Waals surface area contributed by atoms with Gasteiger partial charge in [-0.15, -0.1) is 11.3 Å². The van der Waals surface area contributed by atoms with E-state index in [-0.39, 0.29) is 51.8 Å². The molecule has 1 aromatic heterocycles. The number of thiazole rings is 1. The Bertz CT molecular complexity index is 1530. The Labute approximate surface area is 303 Å². The molecule has 0 radical (unpaired) electrons. The van der Waals surface area contributed by atoms with Crippen molar-refractivity contribution in [3.8, 4) is 0 Å². The molecule has 50 heavy (non-hydrogen) atoms. The van der Waals surface area contributed by atoms with E-state index in [9.17, 15) is 24.6 Å². The summed E-state index contributed by atoms with van der Waals surface area (Å²) < 4.78 is 6.16. The number of esters is 1. The van der Waals surface area contributed by atoms with Crippen LogP contribution < -0.4 is 5.32 Å². The third-order valence-electron chi connectivity index (χ3n) is 15.6. The fourth-order valence-corrected chi connectivity index (χ4v) is 13.3. The lowest BCUT2D eigenvalue weighted by Crippen LogP contribution is -2.66. The van der Waals surface area contributed by atoms with Crippen molar-refractivity contribution in [2.75, 3.05) is 6.54 Å². The molecule has 1 heterocycles. The van der Waals surface area contributed by atoms with Crippen LogP contribution in [0.4, 0.5) is 0 Å². The lowest BCUT2D eigenvalue weighted by Gasteiger charge is -2.72. The zero-order valence-electron chi connectivity index (χ0n) is 32.0. The van der Waals surface area contributed by atoms with Crippen molar-refractivity contribution < 1.29 is 29.3 Å². The van der Waals surface area contributed by atoms with Crippen LogP contribution in [0.15, 0.2) is 22.9 Å². The molecular formula is C41H62N2O6S. The molecule has 4 saturated carbocycles. The fourth-order valence-electron chi connectivity index (χ4n) is 12.8. The summed E-state index contributed by atoms with van der Waals surface area (Å²) in [6.07, 6.45) is 9.16. The van der Waals surface area contributed by atoms with Crippen molar-refractivity contribution in [2.45, 2.75) is 145 Å². The summed E-state index contributed by atoms with van der Waals surface area (Å²) in [5.74, 6) is 0.0929. The van der Waals surface area contributed by atoms with Gasteiger partial charge in [0, 0.05) is 41.4 Å². The molecule has 9 atom stereocenters. The van der Waals surface area contributed by atoms with E-state index >= 15 is 0 Å². The lowest BCUT2D eigenvalue weighted by molar-refractivity contribution is -0.235. The Morgan fingerprint density at radius 1 is 1.02 bits per heavy atom. The number of carbonyl (C=O) groups excluding carboxylic acids is 2. The SMILES string of the molecule is CC(C)C1=C2[C@H]3CC[C@@H]4[C@@]5(C)CC[C@H](OC(=O)CC(C)(C)C(=O)O)C(C)(C)[C@H]5CC[C@@]4(C)[C@]3(C)CCC2(C(O)CNCc2cncs2)CC1=O. The number of rotatable bonds is 10. The van der Waals surface area contributed by atoms with Gasteiger partial charge in [0.05, 0.1) is 23.5 Å². The number of hydrogen-bond acceptors (Lipinski definition) is 8. The molecule has 3 N–H and O–H groups in total. The number of nitrogens with zero attached hydrogens (tertiary/aromatic N) is 1. The van der Waals surface area contributed by atoms with Gasteiger partial charge in [0.1, 0.15) is 6.10 Å².